The molecule has 0 spiro atoms. The fraction of sp³-hybridized carbons (Fsp3) is 0.500. The number of rotatable bonds is 3. The van der Waals surface area contributed by atoms with Crippen LogP contribution in [-0.2, 0) is 11.3 Å². The lowest BCUT2D eigenvalue weighted by atomic mass is 10.1. The lowest BCUT2D eigenvalue weighted by Gasteiger charge is -2.19. The largest absolute Gasteiger partial charge is 0.445 e. The Balaban J connectivity index is 1.51. The lowest BCUT2D eigenvalue weighted by Crippen LogP contribution is -2.33. The number of hydrogen-bond donors (Lipinski definition) is 1. The molecule has 1 saturated carbocycles. The van der Waals surface area contributed by atoms with Gasteiger partial charge in [0.2, 0.25) is 0 Å². The van der Waals surface area contributed by atoms with Crippen LogP contribution in [-0.4, -0.2) is 35.8 Å². The molecule has 1 N–H and O–H groups in total. The topological polar surface area (TPSA) is 49.8 Å². The van der Waals surface area contributed by atoms with Crippen molar-refractivity contribution in [1.29, 1.82) is 0 Å². The average molecular weight is 247 g/mol. The standard InChI is InChI=1S/C14H17NO3/c16-10-14-6-12(14)7-15(9-14)13(17)18-8-11-4-2-1-3-5-11/h1-5,12,16H,6-10H2. The molecule has 4 nitrogen and oxygen atoms in total. The van der Waals surface area contributed by atoms with Crippen molar-refractivity contribution in [1.82, 2.24) is 4.90 Å². The Morgan fingerprint density at radius 2 is 2.22 bits per heavy atom. The van der Waals surface area contributed by atoms with Gasteiger partial charge in [-0.05, 0) is 17.9 Å². The van der Waals surface area contributed by atoms with Crippen molar-refractivity contribution in [3.05, 3.63) is 35.9 Å². The minimum absolute atomic E-state index is 0.00817. The van der Waals surface area contributed by atoms with Crippen LogP contribution in [0.25, 0.3) is 0 Å². The summed E-state index contributed by atoms with van der Waals surface area (Å²) in [6.45, 7) is 1.86. The van der Waals surface area contributed by atoms with Gasteiger partial charge in [0.25, 0.3) is 0 Å². The molecule has 1 aliphatic heterocycles. The van der Waals surface area contributed by atoms with Crippen LogP contribution in [0.5, 0.6) is 0 Å². The Hall–Kier alpha value is -1.55. The summed E-state index contributed by atoms with van der Waals surface area (Å²) in [5.41, 5.74) is 0.984. The second-order valence-corrected chi connectivity index (χ2v) is 5.34. The predicted octanol–water partition coefficient (Wildman–Crippen LogP) is 1.64. The maximum Gasteiger partial charge on any atom is 0.410 e. The predicted molar refractivity (Wildman–Crippen MR) is 65.8 cm³/mol. The van der Waals surface area contributed by atoms with Crippen molar-refractivity contribution in [3.63, 3.8) is 0 Å². The van der Waals surface area contributed by atoms with Gasteiger partial charge < -0.3 is 14.7 Å². The normalized spacial score (nSPS) is 28.9. The van der Waals surface area contributed by atoms with E-state index in [1.807, 2.05) is 30.3 Å². The molecule has 2 unspecified atom stereocenters. The number of amides is 1. The molecule has 2 fully saturated rings. The zero-order valence-corrected chi connectivity index (χ0v) is 10.2. The van der Waals surface area contributed by atoms with Gasteiger partial charge in [0.1, 0.15) is 6.61 Å². The molecule has 1 amide bonds. The molecular formula is C14H17NO3. The third-order valence-corrected chi connectivity index (χ3v) is 4.08. The van der Waals surface area contributed by atoms with Crippen molar-refractivity contribution < 1.29 is 14.6 Å². The highest BCUT2D eigenvalue weighted by atomic mass is 16.6. The molecule has 2 atom stereocenters. The maximum absolute atomic E-state index is 11.9. The van der Waals surface area contributed by atoms with Crippen LogP contribution < -0.4 is 0 Å². The van der Waals surface area contributed by atoms with Crippen LogP contribution in [0.2, 0.25) is 0 Å². The zero-order valence-electron chi connectivity index (χ0n) is 10.2. The first-order valence-corrected chi connectivity index (χ1v) is 6.30. The number of fused-ring (bicyclic) bond motifs is 1. The van der Waals surface area contributed by atoms with Gasteiger partial charge in [0.05, 0.1) is 6.61 Å². The van der Waals surface area contributed by atoms with Gasteiger partial charge in [-0.1, -0.05) is 30.3 Å². The summed E-state index contributed by atoms with van der Waals surface area (Å²) in [4.78, 5) is 13.6. The Morgan fingerprint density at radius 1 is 1.44 bits per heavy atom. The average Bonchev–Trinajstić information content (AvgIpc) is 2.99. The first kappa shape index (κ1) is 11.5. The van der Waals surface area contributed by atoms with Crippen LogP contribution in [0.1, 0.15) is 12.0 Å². The minimum atomic E-state index is -0.265. The highest BCUT2D eigenvalue weighted by molar-refractivity contribution is 5.68. The Morgan fingerprint density at radius 3 is 2.89 bits per heavy atom. The second kappa shape index (κ2) is 4.28. The highest BCUT2D eigenvalue weighted by Gasteiger charge is 2.60. The molecular weight excluding hydrogens is 230 g/mol. The number of aliphatic hydroxyl groups excluding tert-OH is 1. The van der Waals surface area contributed by atoms with Gasteiger partial charge in [0.15, 0.2) is 0 Å². The molecule has 3 rings (SSSR count). The summed E-state index contributed by atoms with van der Waals surface area (Å²) >= 11 is 0. The zero-order chi connectivity index (χ0) is 12.6. The smallest absolute Gasteiger partial charge is 0.410 e. The molecule has 4 heteroatoms. The molecule has 18 heavy (non-hydrogen) atoms. The van der Waals surface area contributed by atoms with E-state index >= 15 is 0 Å². The number of ether oxygens (including phenoxy) is 1. The van der Waals surface area contributed by atoms with Crippen molar-refractivity contribution in [3.8, 4) is 0 Å². The molecule has 96 valence electrons. The van der Waals surface area contributed by atoms with E-state index < -0.39 is 0 Å². The molecule has 1 aliphatic carbocycles. The summed E-state index contributed by atoms with van der Waals surface area (Å²) in [5, 5.41) is 9.30. The number of likely N-dealkylation sites (tertiary alicyclic amines) is 1. The van der Waals surface area contributed by atoms with Crippen LogP contribution >= 0.6 is 0 Å². The second-order valence-electron chi connectivity index (χ2n) is 5.34. The van der Waals surface area contributed by atoms with Gasteiger partial charge in [-0.2, -0.15) is 0 Å². The van der Waals surface area contributed by atoms with Gasteiger partial charge in [-0.25, -0.2) is 4.79 Å². The van der Waals surface area contributed by atoms with Crippen molar-refractivity contribution >= 4 is 6.09 Å². The SMILES string of the molecule is O=C(OCc1ccccc1)N1CC2CC2(CO)C1. The van der Waals surface area contributed by atoms with E-state index in [1.165, 1.54) is 0 Å². The molecule has 1 heterocycles. The highest BCUT2D eigenvalue weighted by Crippen LogP contribution is 2.57. The Kier molecular flexibility index (Phi) is 2.74. The molecule has 1 saturated heterocycles. The molecule has 0 bridgehead atoms. The third-order valence-electron chi connectivity index (χ3n) is 4.08. The van der Waals surface area contributed by atoms with Gasteiger partial charge >= 0.3 is 6.09 Å². The summed E-state index contributed by atoms with van der Waals surface area (Å²) in [5.74, 6) is 0.478. The molecule has 0 radical (unpaired) electrons. The fourth-order valence-electron chi connectivity index (χ4n) is 2.79. The van der Waals surface area contributed by atoms with E-state index in [1.54, 1.807) is 4.90 Å². The monoisotopic (exact) mass is 247 g/mol. The number of piperidine rings is 1. The number of carbonyl (C=O) groups excluding carboxylic acids is 1. The molecule has 0 aromatic heterocycles. The Bertz CT molecular complexity index is 444. The van der Waals surface area contributed by atoms with E-state index in [0.29, 0.717) is 19.1 Å². The van der Waals surface area contributed by atoms with Gasteiger partial charge in [-0.3, -0.25) is 0 Å². The first-order valence-electron chi connectivity index (χ1n) is 6.30. The van der Waals surface area contributed by atoms with E-state index in [2.05, 4.69) is 0 Å². The van der Waals surface area contributed by atoms with Crippen molar-refractivity contribution in [2.24, 2.45) is 11.3 Å². The molecule has 1 aromatic rings. The first-order chi connectivity index (χ1) is 8.73. The van der Waals surface area contributed by atoms with Crippen molar-refractivity contribution in [2.45, 2.75) is 13.0 Å². The molecule has 2 aliphatic rings. The number of carbonyl (C=O) groups is 1. The van der Waals surface area contributed by atoms with E-state index in [4.69, 9.17) is 4.74 Å². The molecule has 1 aromatic carbocycles. The summed E-state index contributed by atoms with van der Waals surface area (Å²) in [7, 11) is 0. The van der Waals surface area contributed by atoms with Crippen molar-refractivity contribution in [2.75, 3.05) is 19.7 Å². The minimum Gasteiger partial charge on any atom is -0.445 e. The number of hydrogen-bond acceptors (Lipinski definition) is 3. The van der Waals surface area contributed by atoms with Crippen LogP contribution in [0.4, 0.5) is 4.79 Å². The van der Waals surface area contributed by atoms with Crippen LogP contribution in [0.15, 0.2) is 30.3 Å². The summed E-state index contributed by atoms with van der Waals surface area (Å²) in [6.07, 6.45) is 0.783. The van der Waals surface area contributed by atoms with E-state index in [-0.39, 0.29) is 18.1 Å². The van der Waals surface area contributed by atoms with E-state index in [0.717, 1.165) is 18.5 Å². The fourth-order valence-corrected chi connectivity index (χ4v) is 2.79. The number of benzene rings is 1. The quantitative estimate of drug-likeness (QED) is 0.883. The number of aliphatic hydroxyl groups is 1. The summed E-state index contributed by atoms with van der Waals surface area (Å²) in [6, 6.07) is 9.65. The van der Waals surface area contributed by atoms with Crippen LogP contribution in [0.3, 0.4) is 0 Å². The maximum atomic E-state index is 11.9. The van der Waals surface area contributed by atoms with E-state index in [9.17, 15) is 9.90 Å². The van der Waals surface area contributed by atoms with Crippen LogP contribution in [0, 0.1) is 11.3 Å². The lowest BCUT2D eigenvalue weighted by molar-refractivity contribution is 0.0945. The third kappa shape index (κ3) is 1.97. The van der Waals surface area contributed by atoms with Gasteiger partial charge in [-0.15, -0.1) is 0 Å². The summed E-state index contributed by atoms with van der Waals surface area (Å²) < 4.78 is 5.28. The Labute approximate surface area is 106 Å². The van der Waals surface area contributed by atoms with Gasteiger partial charge in [0, 0.05) is 18.5 Å². The number of nitrogens with zero attached hydrogens (tertiary/aromatic N) is 1.